The number of carbonyl (C=O) groups excluding carboxylic acids is 1. The van der Waals surface area contributed by atoms with Gasteiger partial charge in [0.1, 0.15) is 6.33 Å². The highest BCUT2D eigenvalue weighted by molar-refractivity contribution is 5.85. The lowest BCUT2D eigenvalue weighted by Crippen LogP contribution is -2.38. The van der Waals surface area contributed by atoms with Crippen LogP contribution in [0.3, 0.4) is 0 Å². The predicted molar refractivity (Wildman–Crippen MR) is 102 cm³/mol. The van der Waals surface area contributed by atoms with Crippen molar-refractivity contribution < 1.29 is 4.79 Å². The number of fused-ring (bicyclic) bond motifs is 1. The maximum Gasteiger partial charge on any atom is 0.222 e. The van der Waals surface area contributed by atoms with Crippen LogP contribution in [0, 0.1) is 6.92 Å². The van der Waals surface area contributed by atoms with Gasteiger partial charge in [0.05, 0.1) is 0 Å². The van der Waals surface area contributed by atoms with Crippen molar-refractivity contribution in [2.45, 2.75) is 38.5 Å². The summed E-state index contributed by atoms with van der Waals surface area (Å²) >= 11 is 0. The molecule has 5 heteroatoms. The Morgan fingerprint density at radius 3 is 2.81 bits per heavy atom. The molecular weight excluding hydrogens is 324 g/mol. The van der Waals surface area contributed by atoms with Crippen LogP contribution in [0.2, 0.25) is 0 Å². The molecule has 3 heterocycles. The fraction of sp³-hybridized carbons (Fsp3) is 0.381. The molecule has 1 amide bonds. The summed E-state index contributed by atoms with van der Waals surface area (Å²) in [5.74, 6) is 0.759. The van der Waals surface area contributed by atoms with E-state index in [1.807, 2.05) is 11.0 Å². The zero-order valence-corrected chi connectivity index (χ0v) is 15.1. The number of aromatic amines is 1. The van der Waals surface area contributed by atoms with Gasteiger partial charge in [0.25, 0.3) is 0 Å². The van der Waals surface area contributed by atoms with E-state index in [2.05, 4.69) is 46.1 Å². The molecule has 1 aliphatic heterocycles. The van der Waals surface area contributed by atoms with Gasteiger partial charge in [-0.3, -0.25) is 4.79 Å². The van der Waals surface area contributed by atoms with E-state index in [9.17, 15) is 4.79 Å². The molecule has 2 aromatic heterocycles. The molecule has 0 bridgehead atoms. The van der Waals surface area contributed by atoms with E-state index in [0.717, 1.165) is 31.6 Å². The topological polar surface area (TPSA) is 61.9 Å². The third-order valence-corrected chi connectivity index (χ3v) is 5.44. The molecule has 0 aliphatic carbocycles. The number of aromatic nitrogens is 3. The predicted octanol–water partition coefficient (Wildman–Crippen LogP) is 3.61. The van der Waals surface area contributed by atoms with Crippen molar-refractivity contribution in [3.8, 4) is 0 Å². The zero-order chi connectivity index (χ0) is 17.9. The van der Waals surface area contributed by atoms with Crippen molar-refractivity contribution in [3.63, 3.8) is 0 Å². The minimum absolute atomic E-state index is 0.234. The molecular formula is C21H24N4O. The average molecular weight is 348 g/mol. The molecule has 0 unspecified atom stereocenters. The van der Waals surface area contributed by atoms with Crippen LogP contribution in [-0.4, -0.2) is 38.8 Å². The molecule has 0 saturated carbocycles. The highest BCUT2D eigenvalue weighted by Crippen LogP contribution is 2.35. The molecule has 5 nitrogen and oxygen atoms in total. The first kappa shape index (κ1) is 16.8. The number of hydrogen-bond acceptors (Lipinski definition) is 3. The Bertz CT molecular complexity index is 895. The Hall–Kier alpha value is -2.69. The van der Waals surface area contributed by atoms with Crippen LogP contribution in [0.5, 0.6) is 0 Å². The number of benzene rings is 1. The smallest absolute Gasteiger partial charge is 0.222 e. The van der Waals surface area contributed by atoms with E-state index in [4.69, 9.17) is 0 Å². The number of piperidine rings is 1. The number of nitrogens with zero attached hydrogens (tertiary/aromatic N) is 3. The molecule has 0 spiro atoms. The molecule has 0 radical (unpaired) electrons. The number of nitrogens with one attached hydrogen (secondary N) is 1. The molecule has 1 aromatic carbocycles. The molecule has 134 valence electrons. The van der Waals surface area contributed by atoms with Crippen molar-refractivity contribution in [1.82, 2.24) is 19.9 Å². The normalized spacial score (nSPS) is 15.5. The van der Waals surface area contributed by atoms with Gasteiger partial charge < -0.3 is 9.88 Å². The van der Waals surface area contributed by atoms with Crippen LogP contribution in [0.25, 0.3) is 10.9 Å². The molecule has 1 saturated heterocycles. The van der Waals surface area contributed by atoms with Gasteiger partial charge in [-0.25, -0.2) is 9.97 Å². The van der Waals surface area contributed by atoms with Crippen molar-refractivity contribution in [3.05, 3.63) is 59.8 Å². The highest BCUT2D eigenvalue weighted by atomic mass is 16.2. The maximum atomic E-state index is 12.5. The Labute approximate surface area is 153 Å². The summed E-state index contributed by atoms with van der Waals surface area (Å²) in [6.45, 7) is 3.84. The van der Waals surface area contributed by atoms with Gasteiger partial charge >= 0.3 is 0 Å². The van der Waals surface area contributed by atoms with Gasteiger partial charge in [0, 0.05) is 48.0 Å². The first-order valence-electron chi connectivity index (χ1n) is 9.32. The second-order valence-electron chi connectivity index (χ2n) is 7.07. The second-order valence-corrected chi connectivity index (χ2v) is 7.07. The van der Waals surface area contributed by atoms with E-state index in [0.29, 0.717) is 18.8 Å². The maximum absolute atomic E-state index is 12.5. The number of amides is 1. The fourth-order valence-electron chi connectivity index (χ4n) is 4.10. The quantitative estimate of drug-likeness (QED) is 0.783. The van der Waals surface area contributed by atoms with Crippen LogP contribution in [0.4, 0.5) is 0 Å². The van der Waals surface area contributed by atoms with Gasteiger partial charge in [0.2, 0.25) is 5.91 Å². The van der Waals surface area contributed by atoms with E-state index in [1.54, 1.807) is 6.20 Å². The monoisotopic (exact) mass is 348 g/mol. The van der Waals surface area contributed by atoms with Gasteiger partial charge in [-0.15, -0.1) is 0 Å². The van der Waals surface area contributed by atoms with Gasteiger partial charge in [-0.1, -0.05) is 18.2 Å². The van der Waals surface area contributed by atoms with Crippen LogP contribution >= 0.6 is 0 Å². The summed E-state index contributed by atoms with van der Waals surface area (Å²) in [6.07, 6.45) is 6.52. The summed E-state index contributed by atoms with van der Waals surface area (Å²) in [6, 6.07) is 10.4. The lowest BCUT2D eigenvalue weighted by atomic mass is 9.87. The Morgan fingerprint density at radius 2 is 2.04 bits per heavy atom. The first-order valence-corrected chi connectivity index (χ1v) is 9.32. The minimum Gasteiger partial charge on any atom is -0.358 e. The molecule has 26 heavy (non-hydrogen) atoms. The van der Waals surface area contributed by atoms with Crippen LogP contribution < -0.4 is 0 Å². The average Bonchev–Trinajstić information content (AvgIpc) is 3.03. The summed E-state index contributed by atoms with van der Waals surface area (Å²) in [7, 11) is 0. The van der Waals surface area contributed by atoms with Crippen molar-refractivity contribution in [2.75, 3.05) is 13.1 Å². The van der Waals surface area contributed by atoms with Crippen molar-refractivity contribution in [2.24, 2.45) is 0 Å². The lowest BCUT2D eigenvalue weighted by molar-refractivity contribution is -0.132. The first-order chi connectivity index (χ1) is 12.7. The summed E-state index contributed by atoms with van der Waals surface area (Å²) in [5.41, 5.74) is 4.84. The molecule has 1 fully saturated rings. The third kappa shape index (κ3) is 3.34. The largest absolute Gasteiger partial charge is 0.358 e. The lowest BCUT2D eigenvalue weighted by Gasteiger charge is -2.32. The molecule has 1 N–H and O–H groups in total. The number of likely N-dealkylation sites (tertiary alicyclic amines) is 1. The Kier molecular flexibility index (Phi) is 4.69. The summed E-state index contributed by atoms with van der Waals surface area (Å²) < 4.78 is 0. The molecule has 1 aliphatic rings. The number of aryl methyl sites for hydroxylation is 2. The van der Waals surface area contributed by atoms with Crippen molar-refractivity contribution in [1.29, 1.82) is 0 Å². The summed E-state index contributed by atoms with van der Waals surface area (Å²) in [4.78, 5) is 26.1. The molecule has 3 aromatic rings. The highest BCUT2D eigenvalue weighted by Gasteiger charge is 2.26. The number of para-hydroxylation sites is 1. The molecule has 4 rings (SSSR count). The van der Waals surface area contributed by atoms with E-state index in [1.165, 1.54) is 28.5 Å². The number of H-pyrrole nitrogens is 1. The second kappa shape index (κ2) is 7.28. The van der Waals surface area contributed by atoms with E-state index < -0.39 is 0 Å². The van der Waals surface area contributed by atoms with Gasteiger partial charge in [0.15, 0.2) is 0 Å². The van der Waals surface area contributed by atoms with Gasteiger partial charge in [-0.2, -0.15) is 0 Å². The fourth-order valence-corrected chi connectivity index (χ4v) is 4.10. The van der Waals surface area contributed by atoms with Gasteiger partial charge in [-0.05, 0) is 49.8 Å². The third-order valence-electron chi connectivity index (χ3n) is 5.44. The number of hydrogen-bond donors (Lipinski definition) is 1. The Morgan fingerprint density at radius 1 is 1.23 bits per heavy atom. The van der Waals surface area contributed by atoms with Crippen LogP contribution in [0.1, 0.15) is 42.1 Å². The minimum atomic E-state index is 0.234. The van der Waals surface area contributed by atoms with E-state index >= 15 is 0 Å². The van der Waals surface area contributed by atoms with Crippen molar-refractivity contribution >= 4 is 16.8 Å². The summed E-state index contributed by atoms with van der Waals surface area (Å²) in [5, 5.41) is 1.33. The SMILES string of the molecule is Cc1[nH]c2ccccc2c1C1CCN(C(=O)CCc2ccncn2)CC1. The standard InChI is InChI=1S/C21H24N4O/c1-15-21(18-4-2-3-5-19(18)24-15)16-9-12-25(13-10-16)20(26)7-6-17-8-11-22-14-23-17/h2-5,8,11,14,16,24H,6-7,9-10,12-13H2,1H3. The number of carbonyl (C=O) groups is 1. The Balaban J connectivity index is 1.38. The number of rotatable bonds is 4. The van der Waals surface area contributed by atoms with E-state index in [-0.39, 0.29) is 5.91 Å². The zero-order valence-electron chi connectivity index (χ0n) is 15.1. The van der Waals surface area contributed by atoms with Crippen LogP contribution in [0.15, 0.2) is 42.9 Å². The molecule has 0 atom stereocenters. The van der Waals surface area contributed by atoms with Crippen LogP contribution in [-0.2, 0) is 11.2 Å².